The van der Waals surface area contributed by atoms with E-state index < -0.39 is 5.60 Å². The highest BCUT2D eigenvalue weighted by atomic mass is 35.5. The van der Waals surface area contributed by atoms with Gasteiger partial charge in [0.05, 0.1) is 17.2 Å². The van der Waals surface area contributed by atoms with Gasteiger partial charge in [0, 0.05) is 12.1 Å². The number of hydrogen-bond donors (Lipinski definition) is 2. The average Bonchev–Trinajstić information content (AvgIpc) is 2.45. The van der Waals surface area contributed by atoms with Gasteiger partial charge in [0.2, 0.25) is 0 Å². The minimum Gasteiger partial charge on any atom is -0.492 e. The minimum absolute atomic E-state index is 0.129. The van der Waals surface area contributed by atoms with E-state index in [0.29, 0.717) is 23.5 Å². The van der Waals surface area contributed by atoms with Gasteiger partial charge in [0.25, 0.3) is 0 Å². The molecule has 0 spiro atoms. The summed E-state index contributed by atoms with van der Waals surface area (Å²) >= 11 is 6.29. The third kappa shape index (κ3) is 2.99. The third-order valence-electron chi connectivity index (χ3n) is 5.99. The zero-order chi connectivity index (χ0) is 16.1. The highest BCUT2D eigenvalue weighted by Crippen LogP contribution is 2.57. The van der Waals surface area contributed by atoms with Crippen molar-refractivity contribution in [2.45, 2.75) is 63.1 Å². The first kappa shape index (κ1) is 15.7. The number of rotatable bonds is 5. The van der Waals surface area contributed by atoms with Crippen LogP contribution in [0.4, 0.5) is 0 Å². The van der Waals surface area contributed by atoms with Gasteiger partial charge < -0.3 is 15.2 Å². The highest BCUT2D eigenvalue weighted by Gasteiger charge is 2.56. The summed E-state index contributed by atoms with van der Waals surface area (Å²) in [6.45, 7) is 3.40. The average molecular weight is 336 g/mol. The standard InChI is InChI=1S/C19H26ClNO2/c1-2-23-17-4-3-13(6-16(17)20)11-21-18-7-14-5-15(8-18)10-19(22,9-14)12-18/h3-4,6,14-15,21-22H,2,5,7-12H2,1H3. The van der Waals surface area contributed by atoms with Gasteiger partial charge in [-0.05, 0) is 75.0 Å². The number of aliphatic hydroxyl groups is 1. The number of benzene rings is 1. The first-order valence-electron chi connectivity index (χ1n) is 8.88. The van der Waals surface area contributed by atoms with Crippen LogP contribution in [0.3, 0.4) is 0 Å². The van der Waals surface area contributed by atoms with Crippen LogP contribution in [0.2, 0.25) is 5.02 Å². The third-order valence-corrected chi connectivity index (χ3v) is 6.29. The molecule has 3 nitrogen and oxygen atoms in total. The molecule has 23 heavy (non-hydrogen) atoms. The van der Waals surface area contributed by atoms with Crippen molar-refractivity contribution in [3.05, 3.63) is 28.8 Å². The minimum atomic E-state index is -0.409. The van der Waals surface area contributed by atoms with Gasteiger partial charge in [-0.15, -0.1) is 0 Å². The summed E-state index contributed by atoms with van der Waals surface area (Å²) in [6.07, 6.45) is 6.70. The molecule has 4 fully saturated rings. The summed E-state index contributed by atoms with van der Waals surface area (Å²) in [4.78, 5) is 0. The Morgan fingerprint density at radius 3 is 2.61 bits per heavy atom. The van der Waals surface area contributed by atoms with E-state index in [-0.39, 0.29) is 5.54 Å². The molecule has 1 aromatic rings. The van der Waals surface area contributed by atoms with Crippen molar-refractivity contribution in [1.29, 1.82) is 0 Å². The second-order valence-electron chi connectivity index (χ2n) is 8.02. The van der Waals surface area contributed by atoms with Gasteiger partial charge in [-0.3, -0.25) is 0 Å². The molecule has 0 amide bonds. The SMILES string of the molecule is CCOc1ccc(CNC23CC4CC(CC(O)(C4)C2)C3)cc1Cl. The zero-order valence-corrected chi connectivity index (χ0v) is 14.5. The predicted molar refractivity (Wildman–Crippen MR) is 91.8 cm³/mol. The second kappa shape index (κ2) is 5.65. The Labute approximate surface area is 143 Å². The van der Waals surface area contributed by atoms with Gasteiger partial charge in [-0.2, -0.15) is 0 Å². The Morgan fingerprint density at radius 2 is 2.00 bits per heavy atom. The molecule has 4 aliphatic rings. The van der Waals surface area contributed by atoms with Crippen molar-refractivity contribution in [2.75, 3.05) is 6.61 Å². The largest absolute Gasteiger partial charge is 0.492 e. The molecule has 0 heterocycles. The normalized spacial score (nSPS) is 38.0. The van der Waals surface area contributed by atoms with E-state index >= 15 is 0 Å². The maximum atomic E-state index is 10.8. The van der Waals surface area contributed by atoms with Gasteiger partial charge in [-0.1, -0.05) is 17.7 Å². The number of nitrogens with one attached hydrogen (secondary N) is 1. The summed E-state index contributed by atoms with van der Waals surface area (Å²) in [6, 6.07) is 6.03. The van der Waals surface area contributed by atoms with Crippen LogP contribution in [-0.4, -0.2) is 22.9 Å². The lowest BCUT2D eigenvalue weighted by molar-refractivity contribution is -0.142. The first-order chi connectivity index (χ1) is 11.0. The van der Waals surface area contributed by atoms with E-state index in [4.69, 9.17) is 16.3 Å². The van der Waals surface area contributed by atoms with E-state index in [1.165, 1.54) is 24.8 Å². The van der Waals surface area contributed by atoms with Crippen molar-refractivity contribution >= 4 is 11.6 Å². The van der Waals surface area contributed by atoms with Crippen molar-refractivity contribution in [3.63, 3.8) is 0 Å². The Bertz CT molecular complexity index is 589. The quantitative estimate of drug-likeness (QED) is 0.857. The molecule has 5 rings (SSSR count). The Morgan fingerprint density at radius 1 is 1.26 bits per heavy atom. The van der Waals surface area contributed by atoms with Crippen molar-refractivity contribution in [1.82, 2.24) is 5.32 Å². The van der Waals surface area contributed by atoms with Crippen LogP contribution >= 0.6 is 11.6 Å². The molecule has 4 heteroatoms. The number of hydrogen-bond acceptors (Lipinski definition) is 3. The second-order valence-corrected chi connectivity index (χ2v) is 8.42. The summed E-state index contributed by atoms with van der Waals surface area (Å²) in [7, 11) is 0. The van der Waals surface area contributed by atoms with Crippen LogP contribution in [0.25, 0.3) is 0 Å². The molecule has 0 aliphatic heterocycles. The Hall–Kier alpha value is -0.770. The van der Waals surface area contributed by atoms with Gasteiger partial charge in [0.15, 0.2) is 0 Å². The topological polar surface area (TPSA) is 41.5 Å². The maximum absolute atomic E-state index is 10.8. The van der Waals surface area contributed by atoms with Crippen molar-refractivity contribution in [3.8, 4) is 5.75 Å². The molecule has 0 radical (unpaired) electrons. The lowest BCUT2D eigenvalue weighted by atomic mass is 9.51. The van der Waals surface area contributed by atoms with E-state index in [0.717, 1.165) is 31.6 Å². The van der Waals surface area contributed by atoms with Gasteiger partial charge in [0.1, 0.15) is 5.75 Å². The highest BCUT2D eigenvalue weighted by molar-refractivity contribution is 6.32. The number of halogens is 1. The van der Waals surface area contributed by atoms with E-state index in [9.17, 15) is 5.11 Å². The van der Waals surface area contributed by atoms with Crippen LogP contribution < -0.4 is 10.1 Å². The predicted octanol–water partition coefficient (Wildman–Crippen LogP) is 3.91. The van der Waals surface area contributed by atoms with Crippen LogP contribution in [0.5, 0.6) is 5.75 Å². The fraction of sp³-hybridized carbons (Fsp3) is 0.684. The van der Waals surface area contributed by atoms with E-state index in [1.54, 1.807) is 0 Å². The zero-order valence-electron chi connectivity index (χ0n) is 13.8. The summed E-state index contributed by atoms with van der Waals surface area (Å²) < 4.78 is 5.50. The Balaban J connectivity index is 1.46. The molecular weight excluding hydrogens is 310 g/mol. The first-order valence-corrected chi connectivity index (χ1v) is 9.26. The maximum Gasteiger partial charge on any atom is 0.137 e. The summed E-state index contributed by atoms with van der Waals surface area (Å²) in [5.41, 5.74) is 0.901. The van der Waals surface area contributed by atoms with Crippen LogP contribution in [0.1, 0.15) is 51.0 Å². The summed E-state index contributed by atoms with van der Waals surface area (Å²) in [5.74, 6) is 2.16. The molecule has 4 bridgehead atoms. The fourth-order valence-electron chi connectivity index (χ4n) is 5.64. The molecule has 4 aliphatic carbocycles. The Kier molecular flexibility index (Phi) is 3.86. The molecule has 126 valence electrons. The van der Waals surface area contributed by atoms with Crippen molar-refractivity contribution < 1.29 is 9.84 Å². The molecule has 2 N–H and O–H groups in total. The smallest absolute Gasteiger partial charge is 0.137 e. The molecule has 2 unspecified atom stereocenters. The molecule has 4 saturated carbocycles. The molecular formula is C19H26ClNO2. The van der Waals surface area contributed by atoms with Crippen LogP contribution in [-0.2, 0) is 6.54 Å². The van der Waals surface area contributed by atoms with E-state index in [1.807, 2.05) is 19.1 Å². The lowest BCUT2D eigenvalue weighted by Gasteiger charge is -2.60. The summed E-state index contributed by atoms with van der Waals surface area (Å²) in [5, 5.41) is 15.3. The van der Waals surface area contributed by atoms with Crippen molar-refractivity contribution in [2.24, 2.45) is 11.8 Å². The van der Waals surface area contributed by atoms with E-state index in [2.05, 4.69) is 11.4 Å². The molecule has 1 aromatic carbocycles. The molecule has 0 aromatic heterocycles. The lowest BCUT2D eigenvalue weighted by Crippen LogP contribution is -2.64. The van der Waals surface area contributed by atoms with Gasteiger partial charge in [-0.25, -0.2) is 0 Å². The number of ether oxygens (including phenoxy) is 1. The van der Waals surface area contributed by atoms with Gasteiger partial charge >= 0.3 is 0 Å². The van der Waals surface area contributed by atoms with Crippen LogP contribution in [0, 0.1) is 11.8 Å². The molecule has 2 atom stereocenters. The fourth-order valence-corrected chi connectivity index (χ4v) is 5.90. The monoisotopic (exact) mass is 335 g/mol. The van der Waals surface area contributed by atoms with Crippen LogP contribution in [0.15, 0.2) is 18.2 Å². The molecule has 0 saturated heterocycles.